The summed E-state index contributed by atoms with van der Waals surface area (Å²) in [7, 11) is 0. The molecule has 142 valence electrons. The molecule has 9 nitrogen and oxygen atoms in total. The van der Waals surface area contributed by atoms with E-state index in [1.807, 2.05) is 4.90 Å². The molecule has 0 saturated carbocycles. The largest absolute Gasteiger partial charge is 0.463 e. The highest BCUT2D eigenvalue weighted by molar-refractivity contribution is 6.22. The van der Waals surface area contributed by atoms with Gasteiger partial charge in [0.15, 0.2) is 5.76 Å². The maximum Gasteiger partial charge on any atom is 0.229 e. The molecule has 0 amide bonds. The van der Waals surface area contributed by atoms with Gasteiger partial charge < -0.3 is 19.9 Å². The van der Waals surface area contributed by atoms with E-state index in [1.54, 1.807) is 12.1 Å². The van der Waals surface area contributed by atoms with E-state index in [-0.39, 0.29) is 30.3 Å². The Morgan fingerprint density at radius 3 is 2.56 bits per heavy atom. The van der Waals surface area contributed by atoms with Crippen LogP contribution >= 0.6 is 0 Å². The van der Waals surface area contributed by atoms with Gasteiger partial charge in [0.2, 0.25) is 11.6 Å². The van der Waals surface area contributed by atoms with Gasteiger partial charge >= 0.3 is 0 Å². The molecule has 2 aromatic rings. The number of carbonyl (C=O) groups excluding carboxylic acids is 2. The van der Waals surface area contributed by atoms with Crippen LogP contribution in [0.2, 0.25) is 0 Å². The molecule has 0 spiro atoms. The number of ketones is 2. The summed E-state index contributed by atoms with van der Waals surface area (Å²) >= 11 is 0. The zero-order valence-electron chi connectivity index (χ0n) is 14.6. The first-order chi connectivity index (χ1) is 13.1. The summed E-state index contributed by atoms with van der Waals surface area (Å²) in [6.07, 6.45) is 4.10. The van der Waals surface area contributed by atoms with Gasteiger partial charge in [0, 0.05) is 32.3 Å². The van der Waals surface area contributed by atoms with Gasteiger partial charge in [-0.3, -0.25) is 14.5 Å². The molecular weight excluding hydrogens is 352 g/mol. The molecular formula is C18H20N4O5. The molecule has 0 saturated heterocycles. The Bertz CT molecular complexity index is 841. The fourth-order valence-corrected chi connectivity index (χ4v) is 2.76. The van der Waals surface area contributed by atoms with Crippen molar-refractivity contribution >= 4 is 11.6 Å². The summed E-state index contributed by atoms with van der Waals surface area (Å²) in [6, 6.07) is 3.39. The van der Waals surface area contributed by atoms with Gasteiger partial charge in [-0.2, -0.15) is 0 Å². The second-order valence-corrected chi connectivity index (χ2v) is 5.90. The van der Waals surface area contributed by atoms with Crippen molar-refractivity contribution in [3.63, 3.8) is 0 Å². The highest BCUT2D eigenvalue weighted by Crippen LogP contribution is 2.22. The van der Waals surface area contributed by atoms with Gasteiger partial charge in [0.25, 0.3) is 0 Å². The second kappa shape index (κ2) is 8.67. The number of aliphatic hydroxyl groups is 2. The molecule has 0 bridgehead atoms. The Morgan fingerprint density at radius 1 is 1.11 bits per heavy atom. The second-order valence-electron chi connectivity index (χ2n) is 5.90. The summed E-state index contributed by atoms with van der Waals surface area (Å²) in [5, 5.41) is 21.0. The summed E-state index contributed by atoms with van der Waals surface area (Å²) < 4.78 is 5.24. The van der Waals surface area contributed by atoms with E-state index in [9.17, 15) is 9.59 Å². The molecule has 0 aliphatic heterocycles. The van der Waals surface area contributed by atoms with Crippen LogP contribution in [0.15, 0.2) is 40.8 Å². The summed E-state index contributed by atoms with van der Waals surface area (Å²) in [4.78, 5) is 35.1. The van der Waals surface area contributed by atoms with Crippen LogP contribution in [0.4, 0.5) is 0 Å². The number of carbonyl (C=O) groups is 2. The monoisotopic (exact) mass is 372 g/mol. The van der Waals surface area contributed by atoms with Crippen molar-refractivity contribution in [1.82, 2.24) is 20.2 Å². The van der Waals surface area contributed by atoms with Crippen molar-refractivity contribution in [3.05, 3.63) is 47.8 Å². The minimum absolute atomic E-state index is 0.00152. The number of allylic oxidation sites excluding steroid dienone is 2. The van der Waals surface area contributed by atoms with Gasteiger partial charge in [-0.15, -0.1) is 0 Å². The normalized spacial score (nSPS) is 13.7. The van der Waals surface area contributed by atoms with Crippen LogP contribution in [-0.2, 0) is 0 Å². The number of aromatic nitrogens is 2. The lowest BCUT2D eigenvalue weighted by Crippen LogP contribution is -2.37. The average Bonchev–Trinajstić information content (AvgIpc) is 3.20. The van der Waals surface area contributed by atoms with Gasteiger partial charge in [-0.1, -0.05) is 0 Å². The van der Waals surface area contributed by atoms with E-state index < -0.39 is 11.6 Å². The predicted octanol–water partition coefficient (Wildman–Crippen LogP) is -0.124. The Labute approximate surface area is 155 Å². The number of nitrogens with zero attached hydrogens (tertiary/aromatic N) is 3. The molecule has 3 rings (SSSR count). The van der Waals surface area contributed by atoms with Crippen LogP contribution in [0.5, 0.6) is 0 Å². The number of fused-ring (bicyclic) bond motifs is 1. The third kappa shape index (κ3) is 4.27. The number of hydrogen-bond acceptors (Lipinski definition) is 9. The minimum atomic E-state index is -0.407. The summed E-state index contributed by atoms with van der Waals surface area (Å²) in [5.74, 6) is -0.346. The Morgan fingerprint density at radius 2 is 1.89 bits per heavy atom. The smallest absolute Gasteiger partial charge is 0.229 e. The quantitative estimate of drug-likeness (QED) is 0.551. The van der Waals surface area contributed by atoms with Crippen LogP contribution in [0, 0.1) is 0 Å². The number of nitrogens with one attached hydrogen (secondary N) is 1. The van der Waals surface area contributed by atoms with Crippen LogP contribution < -0.4 is 5.32 Å². The Kier molecular flexibility index (Phi) is 6.07. The van der Waals surface area contributed by atoms with Crippen molar-refractivity contribution in [2.75, 3.05) is 39.4 Å². The Balaban J connectivity index is 1.70. The third-order valence-electron chi connectivity index (χ3n) is 4.09. The molecule has 2 aromatic heterocycles. The average molecular weight is 372 g/mol. The van der Waals surface area contributed by atoms with E-state index in [0.29, 0.717) is 37.6 Å². The predicted molar refractivity (Wildman–Crippen MR) is 95.1 cm³/mol. The van der Waals surface area contributed by atoms with E-state index in [2.05, 4.69) is 15.3 Å². The highest BCUT2D eigenvalue weighted by atomic mass is 16.3. The molecule has 27 heavy (non-hydrogen) atoms. The molecule has 0 aromatic carbocycles. The van der Waals surface area contributed by atoms with Crippen LogP contribution in [-0.4, -0.2) is 76.0 Å². The summed E-state index contributed by atoms with van der Waals surface area (Å²) in [6.45, 7) is 1.65. The molecule has 1 aliphatic carbocycles. The van der Waals surface area contributed by atoms with Crippen LogP contribution in [0.3, 0.4) is 0 Å². The maximum atomic E-state index is 12.6. The van der Waals surface area contributed by atoms with Gasteiger partial charge in [0.05, 0.1) is 31.4 Å². The van der Waals surface area contributed by atoms with Crippen LogP contribution in [0.1, 0.15) is 21.0 Å². The van der Waals surface area contributed by atoms with Crippen molar-refractivity contribution in [1.29, 1.82) is 0 Å². The molecule has 3 N–H and O–H groups in total. The number of Topliss-reactive ketones (excluding diaryl/α,β-unsaturated/α-hetero) is 1. The van der Waals surface area contributed by atoms with Gasteiger partial charge in [-0.25, -0.2) is 9.97 Å². The van der Waals surface area contributed by atoms with Crippen molar-refractivity contribution in [3.8, 4) is 11.5 Å². The lowest BCUT2D eigenvalue weighted by Gasteiger charge is -2.21. The number of furan rings is 1. The number of hydrogen-bond donors (Lipinski definition) is 3. The zero-order chi connectivity index (χ0) is 19.2. The molecule has 0 unspecified atom stereocenters. The fraction of sp³-hybridized carbons (Fsp3) is 0.333. The molecule has 0 fully saturated rings. The number of aliphatic hydroxyl groups excluding tert-OH is 2. The first-order valence-electron chi connectivity index (χ1n) is 8.53. The topological polar surface area (TPSA) is 129 Å². The third-order valence-corrected chi connectivity index (χ3v) is 4.09. The van der Waals surface area contributed by atoms with Gasteiger partial charge in [-0.05, 0) is 12.1 Å². The standard InChI is InChI=1S/C18H20N4O5/c23-7-5-22(6-8-24)4-3-19-12-10-14(25)16-17(18(12)26)20-11-13(21-16)15-2-1-9-27-15/h1-2,9-11,19,23-24H,3-8H2. The minimum Gasteiger partial charge on any atom is -0.463 e. The van der Waals surface area contributed by atoms with Crippen molar-refractivity contribution in [2.24, 2.45) is 0 Å². The maximum absolute atomic E-state index is 12.6. The van der Waals surface area contributed by atoms with Gasteiger partial charge in [0.1, 0.15) is 17.1 Å². The molecule has 1 aliphatic rings. The summed E-state index contributed by atoms with van der Waals surface area (Å²) in [5.41, 5.74) is 0.540. The number of rotatable bonds is 9. The Hall–Kier alpha value is -2.88. The van der Waals surface area contributed by atoms with Crippen LogP contribution in [0.25, 0.3) is 11.5 Å². The molecule has 2 heterocycles. The molecule has 0 radical (unpaired) electrons. The first-order valence-corrected chi connectivity index (χ1v) is 8.53. The highest BCUT2D eigenvalue weighted by Gasteiger charge is 2.29. The van der Waals surface area contributed by atoms with E-state index >= 15 is 0 Å². The zero-order valence-corrected chi connectivity index (χ0v) is 14.6. The fourth-order valence-electron chi connectivity index (χ4n) is 2.76. The lowest BCUT2D eigenvalue weighted by atomic mass is 10.0. The molecule has 0 atom stereocenters. The SMILES string of the molecule is O=C1C=C(NCCN(CCO)CCO)C(=O)c2ncc(-c3ccco3)nc21. The van der Waals surface area contributed by atoms with Crippen molar-refractivity contribution in [2.45, 2.75) is 0 Å². The lowest BCUT2D eigenvalue weighted by molar-refractivity contribution is 0.0969. The molecule has 9 heteroatoms. The van der Waals surface area contributed by atoms with E-state index in [4.69, 9.17) is 14.6 Å². The first kappa shape index (κ1) is 18.9. The van der Waals surface area contributed by atoms with E-state index in [0.717, 1.165) is 0 Å². The van der Waals surface area contributed by atoms with E-state index in [1.165, 1.54) is 18.5 Å². The van der Waals surface area contributed by atoms with Crippen molar-refractivity contribution < 1.29 is 24.2 Å².